The Morgan fingerprint density at radius 2 is 1.21 bits per heavy atom. The maximum atomic E-state index is 6.37. The molecule has 0 amide bonds. The minimum Gasteiger partial charge on any atom is -0.455 e. The van der Waals surface area contributed by atoms with Gasteiger partial charge >= 0.3 is 0 Å². The lowest BCUT2D eigenvalue weighted by molar-refractivity contribution is 0.660. The highest BCUT2D eigenvalue weighted by Crippen LogP contribution is 2.51. The van der Waals surface area contributed by atoms with Crippen LogP contribution in [0.1, 0.15) is 30.5 Å². The van der Waals surface area contributed by atoms with Gasteiger partial charge in [0.1, 0.15) is 11.2 Å². The standard InChI is InChI=1S/C41H31NO/c1-4-26-12-14-27(15-13-26)28-16-19-30(20-17-28)42-31-21-23-34-33-22-18-29(24-37(33)41(2,3)38(34)25-31)32-9-7-10-36-35-8-5-6-11-39(35)43-40(32)36/h4-25,42H,1H2,2-3H3. The van der Waals surface area contributed by atoms with Crippen molar-refractivity contribution >= 4 is 39.4 Å². The lowest BCUT2D eigenvalue weighted by Gasteiger charge is -2.23. The summed E-state index contributed by atoms with van der Waals surface area (Å²) in [5.74, 6) is 0. The number of fused-ring (bicyclic) bond motifs is 6. The van der Waals surface area contributed by atoms with Gasteiger partial charge in [0, 0.05) is 33.1 Å². The van der Waals surface area contributed by atoms with Crippen molar-refractivity contribution in [3.63, 3.8) is 0 Å². The Morgan fingerprint density at radius 1 is 0.581 bits per heavy atom. The van der Waals surface area contributed by atoms with Gasteiger partial charge in [-0.15, -0.1) is 0 Å². The lowest BCUT2D eigenvalue weighted by Crippen LogP contribution is -2.15. The molecule has 0 saturated heterocycles. The first-order valence-electron chi connectivity index (χ1n) is 14.8. The number of hydrogen-bond acceptors (Lipinski definition) is 2. The van der Waals surface area contributed by atoms with Crippen molar-refractivity contribution in [1.82, 2.24) is 0 Å². The molecule has 43 heavy (non-hydrogen) atoms. The van der Waals surface area contributed by atoms with Crippen LogP contribution in [-0.2, 0) is 5.41 Å². The Hall–Kier alpha value is -5.34. The van der Waals surface area contributed by atoms with E-state index in [0.717, 1.165) is 44.4 Å². The van der Waals surface area contributed by atoms with E-state index in [9.17, 15) is 0 Å². The Balaban J connectivity index is 1.10. The van der Waals surface area contributed by atoms with Crippen LogP contribution in [0.15, 0.2) is 138 Å². The topological polar surface area (TPSA) is 25.2 Å². The van der Waals surface area contributed by atoms with Crippen LogP contribution in [0.5, 0.6) is 0 Å². The number of para-hydroxylation sites is 2. The Kier molecular flexibility index (Phi) is 5.67. The lowest BCUT2D eigenvalue weighted by atomic mass is 9.81. The molecule has 6 aromatic carbocycles. The van der Waals surface area contributed by atoms with Gasteiger partial charge in [-0.25, -0.2) is 0 Å². The summed E-state index contributed by atoms with van der Waals surface area (Å²) in [4.78, 5) is 0. The molecular formula is C41H31NO. The van der Waals surface area contributed by atoms with Gasteiger partial charge in [-0.1, -0.05) is 117 Å². The van der Waals surface area contributed by atoms with E-state index in [1.165, 1.54) is 38.9 Å². The van der Waals surface area contributed by atoms with Gasteiger partial charge in [-0.05, 0) is 80.9 Å². The van der Waals surface area contributed by atoms with Crippen molar-refractivity contribution in [2.75, 3.05) is 5.32 Å². The van der Waals surface area contributed by atoms with Crippen LogP contribution in [0.2, 0.25) is 0 Å². The van der Waals surface area contributed by atoms with Crippen LogP contribution in [0.4, 0.5) is 11.4 Å². The molecule has 0 aliphatic heterocycles. The van der Waals surface area contributed by atoms with Gasteiger partial charge in [0.2, 0.25) is 0 Å². The summed E-state index contributed by atoms with van der Waals surface area (Å²) in [7, 11) is 0. The van der Waals surface area contributed by atoms with E-state index in [-0.39, 0.29) is 5.41 Å². The van der Waals surface area contributed by atoms with Gasteiger partial charge < -0.3 is 9.73 Å². The summed E-state index contributed by atoms with van der Waals surface area (Å²) in [6.07, 6.45) is 1.87. The predicted octanol–water partition coefficient (Wildman–Crippen LogP) is 11.6. The molecule has 0 atom stereocenters. The molecule has 1 heterocycles. The van der Waals surface area contributed by atoms with Gasteiger partial charge in [-0.3, -0.25) is 0 Å². The fraction of sp³-hybridized carbons (Fsp3) is 0.0732. The highest BCUT2D eigenvalue weighted by atomic mass is 16.3. The summed E-state index contributed by atoms with van der Waals surface area (Å²) in [5, 5.41) is 5.95. The number of anilines is 2. The monoisotopic (exact) mass is 553 g/mol. The number of hydrogen-bond donors (Lipinski definition) is 1. The summed E-state index contributed by atoms with van der Waals surface area (Å²) in [5.41, 5.74) is 15.0. The second-order valence-corrected chi connectivity index (χ2v) is 12.0. The van der Waals surface area contributed by atoms with Gasteiger partial charge in [0.05, 0.1) is 0 Å². The molecule has 0 bridgehead atoms. The van der Waals surface area contributed by atoms with Gasteiger partial charge in [0.25, 0.3) is 0 Å². The third-order valence-corrected chi connectivity index (χ3v) is 9.04. The third-order valence-electron chi connectivity index (χ3n) is 9.04. The summed E-state index contributed by atoms with van der Waals surface area (Å²) in [6, 6.07) is 45.5. The summed E-state index contributed by atoms with van der Waals surface area (Å²) >= 11 is 0. The first-order chi connectivity index (χ1) is 21.0. The second kappa shape index (κ2) is 9.61. The first kappa shape index (κ1) is 25.4. The molecule has 2 heteroatoms. The zero-order valence-electron chi connectivity index (χ0n) is 24.3. The summed E-state index contributed by atoms with van der Waals surface area (Å²) < 4.78 is 6.37. The maximum absolute atomic E-state index is 6.37. The maximum Gasteiger partial charge on any atom is 0.143 e. The van der Waals surface area contributed by atoms with Gasteiger partial charge in [0.15, 0.2) is 0 Å². The molecule has 0 radical (unpaired) electrons. The molecule has 206 valence electrons. The number of benzene rings is 6. The van der Waals surface area contributed by atoms with Crippen molar-refractivity contribution in [3.05, 3.63) is 151 Å². The van der Waals surface area contributed by atoms with Crippen LogP contribution in [-0.4, -0.2) is 0 Å². The molecule has 1 aromatic heterocycles. The van der Waals surface area contributed by atoms with Crippen molar-refractivity contribution < 1.29 is 4.42 Å². The van der Waals surface area contributed by atoms with Crippen molar-refractivity contribution in [2.24, 2.45) is 0 Å². The van der Waals surface area contributed by atoms with Crippen molar-refractivity contribution in [1.29, 1.82) is 0 Å². The van der Waals surface area contributed by atoms with Crippen LogP contribution in [0.3, 0.4) is 0 Å². The fourth-order valence-electron chi connectivity index (χ4n) is 6.68. The van der Waals surface area contributed by atoms with Crippen molar-refractivity contribution in [3.8, 4) is 33.4 Å². The average molecular weight is 554 g/mol. The van der Waals surface area contributed by atoms with E-state index in [1.54, 1.807) is 0 Å². The van der Waals surface area contributed by atoms with E-state index in [0.29, 0.717) is 0 Å². The fourth-order valence-corrected chi connectivity index (χ4v) is 6.68. The van der Waals surface area contributed by atoms with Crippen LogP contribution >= 0.6 is 0 Å². The molecule has 0 spiro atoms. The molecule has 8 rings (SSSR count). The molecule has 0 fully saturated rings. The molecule has 2 nitrogen and oxygen atoms in total. The third kappa shape index (κ3) is 4.10. The largest absolute Gasteiger partial charge is 0.455 e. The minimum atomic E-state index is -0.137. The van der Waals surface area contributed by atoms with E-state index in [1.807, 2.05) is 18.2 Å². The molecule has 1 aliphatic rings. The SMILES string of the molecule is C=Cc1ccc(-c2ccc(Nc3ccc4c(c3)C(C)(C)c3cc(-c5cccc6c5oc5ccccc56)ccc3-4)cc2)cc1. The second-order valence-electron chi connectivity index (χ2n) is 12.0. The van der Waals surface area contributed by atoms with Crippen LogP contribution in [0, 0.1) is 0 Å². The number of furan rings is 1. The molecule has 1 aliphatic carbocycles. The smallest absolute Gasteiger partial charge is 0.143 e. The number of nitrogens with one attached hydrogen (secondary N) is 1. The molecule has 7 aromatic rings. The Labute approximate surface area is 251 Å². The van der Waals surface area contributed by atoms with E-state index < -0.39 is 0 Å². The highest BCUT2D eigenvalue weighted by molar-refractivity contribution is 6.09. The van der Waals surface area contributed by atoms with Crippen LogP contribution < -0.4 is 5.32 Å². The zero-order chi connectivity index (χ0) is 29.1. The summed E-state index contributed by atoms with van der Waals surface area (Å²) in [6.45, 7) is 8.51. The first-order valence-corrected chi connectivity index (χ1v) is 14.8. The Morgan fingerprint density at radius 3 is 1.98 bits per heavy atom. The molecule has 0 unspecified atom stereocenters. The Bertz CT molecular complexity index is 2180. The highest BCUT2D eigenvalue weighted by Gasteiger charge is 2.36. The van der Waals surface area contributed by atoms with E-state index >= 15 is 0 Å². The van der Waals surface area contributed by atoms with Gasteiger partial charge in [-0.2, -0.15) is 0 Å². The normalized spacial score (nSPS) is 13.2. The quantitative estimate of drug-likeness (QED) is 0.229. The number of rotatable bonds is 5. The predicted molar refractivity (Wildman–Crippen MR) is 182 cm³/mol. The van der Waals surface area contributed by atoms with Crippen molar-refractivity contribution in [2.45, 2.75) is 19.3 Å². The van der Waals surface area contributed by atoms with E-state index in [4.69, 9.17) is 4.42 Å². The zero-order valence-corrected chi connectivity index (χ0v) is 24.3. The van der Waals surface area contributed by atoms with E-state index in [2.05, 4.69) is 141 Å². The average Bonchev–Trinajstić information content (AvgIpc) is 3.53. The van der Waals surface area contributed by atoms with Crippen LogP contribution in [0.25, 0.3) is 61.4 Å². The molecule has 0 saturated carbocycles. The minimum absolute atomic E-state index is 0.137. The molecular weight excluding hydrogens is 522 g/mol. The molecule has 1 N–H and O–H groups in total.